The van der Waals surface area contributed by atoms with Crippen molar-refractivity contribution in [2.75, 3.05) is 13.7 Å². The standard InChI is InChI=1S/C20H25N3O7/c1-29-15-8-4-7-14-16(25)18(30-17(14)15)20(27)22-21-19(26)13(10-23(28)11-24)9-12-5-2-3-6-12/h4,7-8,11-13,18,28H,2-3,5-6,9-10H2,1H3,(H,21,26)(H,22,27). The minimum Gasteiger partial charge on any atom is -0.493 e. The number of methoxy groups -OCH3 is 1. The molecule has 1 aromatic carbocycles. The molecule has 1 saturated carbocycles. The van der Waals surface area contributed by atoms with Gasteiger partial charge in [0.2, 0.25) is 24.2 Å². The zero-order chi connectivity index (χ0) is 21.7. The Morgan fingerprint density at radius 3 is 2.73 bits per heavy atom. The minimum atomic E-state index is -1.45. The number of Topliss-reactive ketones (excluding diaryl/α,β-unsaturated/α-hetero) is 1. The van der Waals surface area contributed by atoms with E-state index in [1.807, 2.05) is 0 Å². The summed E-state index contributed by atoms with van der Waals surface area (Å²) in [6.45, 7) is -0.191. The fraction of sp³-hybridized carbons (Fsp3) is 0.500. The third-order valence-corrected chi connectivity index (χ3v) is 5.48. The van der Waals surface area contributed by atoms with E-state index in [2.05, 4.69) is 10.9 Å². The van der Waals surface area contributed by atoms with Crippen LogP contribution < -0.4 is 20.3 Å². The molecule has 0 bridgehead atoms. The number of hydroxylamine groups is 2. The summed E-state index contributed by atoms with van der Waals surface area (Å²) >= 11 is 0. The number of hydrogen-bond donors (Lipinski definition) is 3. The quantitative estimate of drug-likeness (QED) is 0.246. The number of para-hydroxylation sites is 1. The summed E-state index contributed by atoms with van der Waals surface area (Å²) in [7, 11) is 1.42. The van der Waals surface area contributed by atoms with Crippen LogP contribution in [0, 0.1) is 11.8 Å². The zero-order valence-electron chi connectivity index (χ0n) is 16.6. The Morgan fingerprint density at radius 2 is 2.07 bits per heavy atom. The minimum absolute atomic E-state index is 0.178. The molecular weight excluding hydrogens is 394 g/mol. The van der Waals surface area contributed by atoms with Crippen molar-refractivity contribution in [1.29, 1.82) is 0 Å². The molecular formula is C20H25N3O7. The van der Waals surface area contributed by atoms with Crippen molar-refractivity contribution in [1.82, 2.24) is 15.9 Å². The van der Waals surface area contributed by atoms with Crippen LogP contribution in [-0.4, -0.2) is 54.0 Å². The number of hydrogen-bond acceptors (Lipinski definition) is 7. The Labute approximate surface area is 173 Å². The average Bonchev–Trinajstić information content (AvgIpc) is 3.39. The third-order valence-electron chi connectivity index (χ3n) is 5.48. The van der Waals surface area contributed by atoms with Gasteiger partial charge in [0.05, 0.1) is 25.1 Å². The number of fused-ring (bicyclic) bond motifs is 1. The number of nitrogens with one attached hydrogen (secondary N) is 2. The summed E-state index contributed by atoms with van der Waals surface area (Å²) in [6.07, 6.45) is 3.38. The Hall–Kier alpha value is -3.14. The molecule has 1 aliphatic heterocycles. The van der Waals surface area contributed by atoms with Crippen LogP contribution in [0.4, 0.5) is 0 Å². The maximum absolute atomic E-state index is 12.6. The zero-order valence-corrected chi connectivity index (χ0v) is 16.6. The van der Waals surface area contributed by atoms with Crippen molar-refractivity contribution < 1.29 is 33.9 Å². The van der Waals surface area contributed by atoms with Gasteiger partial charge >= 0.3 is 0 Å². The Balaban J connectivity index is 1.60. The molecule has 1 aromatic rings. The molecule has 2 unspecified atom stereocenters. The molecule has 1 aliphatic carbocycles. The Morgan fingerprint density at radius 1 is 1.33 bits per heavy atom. The predicted molar refractivity (Wildman–Crippen MR) is 103 cm³/mol. The van der Waals surface area contributed by atoms with E-state index >= 15 is 0 Å². The summed E-state index contributed by atoms with van der Waals surface area (Å²) < 4.78 is 10.6. The second-order valence-electron chi connectivity index (χ2n) is 7.49. The molecule has 1 fully saturated rings. The Kier molecular flexibility index (Phi) is 6.88. The van der Waals surface area contributed by atoms with Crippen molar-refractivity contribution in [3.8, 4) is 11.5 Å². The second kappa shape index (κ2) is 9.57. The number of rotatable bonds is 8. The van der Waals surface area contributed by atoms with E-state index in [9.17, 15) is 24.4 Å². The summed E-state index contributed by atoms with van der Waals surface area (Å²) in [5, 5.41) is 9.92. The smallest absolute Gasteiger partial charge is 0.287 e. The van der Waals surface area contributed by atoms with Gasteiger partial charge in [-0.1, -0.05) is 31.7 Å². The molecule has 2 aliphatic rings. The normalized spacial score (nSPS) is 18.9. The van der Waals surface area contributed by atoms with Crippen molar-refractivity contribution in [2.45, 2.75) is 38.2 Å². The van der Waals surface area contributed by atoms with Crippen LogP contribution in [0.3, 0.4) is 0 Å². The highest BCUT2D eigenvalue weighted by Gasteiger charge is 2.40. The molecule has 0 saturated heterocycles. The van der Waals surface area contributed by atoms with Crippen molar-refractivity contribution >= 4 is 24.0 Å². The lowest BCUT2D eigenvalue weighted by Gasteiger charge is -2.22. The van der Waals surface area contributed by atoms with E-state index in [0.29, 0.717) is 23.2 Å². The van der Waals surface area contributed by atoms with E-state index in [1.165, 1.54) is 13.2 Å². The van der Waals surface area contributed by atoms with Gasteiger partial charge in [0.15, 0.2) is 11.5 Å². The molecule has 10 nitrogen and oxygen atoms in total. The van der Waals surface area contributed by atoms with Gasteiger partial charge in [0.25, 0.3) is 5.91 Å². The number of ketones is 1. The van der Waals surface area contributed by atoms with Crippen molar-refractivity contribution in [3.63, 3.8) is 0 Å². The lowest BCUT2D eigenvalue weighted by atomic mass is 9.92. The van der Waals surface area contributed by atoms with Gasteiger partial charge in [-0.25, -0.2) is 5.06 Å². The van der Waals surface area contributed by atoms with Gasteiger partial charge in [-0.2, -0.15) is 0 Å². The van der Waals surface area contributed by atoms with Crippen LogP contribution in [0.5, 0.6) is 11.5 Å². The lowest BCUT2D eigenvalue weighted by molar-refractivity contribution is -0.155. The lowest BCUT2D eigenvalue weighted by Crippen LogP contribution is -2.52. The average molecular weight is 419 g/mol. The molecule has 0 spiro atoms. The van der Waals surface area contributed by atoms with E-state index in [-0.39, 0.29) is 24.3 Å². The summed E-state index contributed by atoms with van der Waals surface area (Å²) in [5.41, 5.74) is 4.72. The van der Waals surface area contributed by atoms with Crippen LogP contribution in [0.1, 0.15) is 42.5 Å². The maximum atomic E-state index is 12.6. The molecule has 3 rings (SSSR count). The highest BCUT2D eigenvalue weighted by molar-refractivity contribution is 6.16. The second-order valence-corrected chi connectivity index (χ2v) is 7.49. The third kappa shape index (κ3) is 4.70. The summed E-state index contributed by atoms with van der Waals surface area (Å²) in [4.78, 5) is 48.2. The molecule has 3 amide bonds. The van der Waals surface area contributed by atoms with Crippen LogP contribution in [0.15, 0.2) is 18.2 Å². The van der Waals surface area contributed by atoms with Gasteiger partial charge in [-0.3, -0.25) is 35.2 Å². The Bertz CT molecular complexity index is 823. The first-order chi connectivity index (χ1) is 14.4. The summed E-state index contributed by atoms with van der Waals surface area (Å²) in [5.74, 6) is -1.81. The molecule has 30 heavy (non-hydrogen) atoms. The van der Waals surface area contributed by atoms with E-state index in [4.69, 9.17) is 9.47 Å². The highest BCUT2D eigenvalue weighted by Crippen LogP contribution is 2.37. The number of hydrazine groups is 1. The monoisotopic (exact) mass is 419 g/mol. The van der Waals surface area contributed by atoms with Gasteiger partial charge in [0.1, 0.15) is 0 Å². The fourth-order valence-corrected chi connectivity index (χ4v) is 3.95. The van der Waals surface area contributed by atoms with E-state index in [0.717, 1.165) is 25.7 Å². The number of ether oxygens (including phenoxy) is 2. The van der Waals surface area contributed by atoms with E-state index < -0.39 is 29.6 Å². The van der Waals surface area contributed by atoms with Crippen molar-refractivity contribution in [3.05, 3.63) is 23.8 Å². The van der Waals surface area contributed by atoms with Crippen LogP contribution in [0.2, 0.25) is 0 Å². The number of amides is 3. The summed E-state index contributed by atoms with van der Waals surface area (Å²) in [6, 6.07) is 4.75. The molecule has 162 valence electrons. The van der Waals surface area contributed by atoms with Crippen LogP contribution in [0.25, 0.3) is 0 Å². The molecule has 0 radical (unpaired) electrons. The maximum Gasteiger partial charge on any atom is 0.287 e. The highest BCUT2D eigenvalue weighted by atomic mass is 16.5. The first-order valence-corrected chi connectivity index (χ1v) is 9.83. The molecule has 1 heterocycles. The molecule has 2 atom stereocenters. The predicted octanol–water partition coefficient (Wildman–Crippen LogP) is 0.830. The largest absolute Gasteiger partial charge is 0.493 e. The topological polar surface area (TPSA) is 134 Å². The van der Waals surface area contributed by atoms with Crippen molar-refractivity contribution in [2.24, 2.45) is 11.8 Å². The van der Waals surface area contributed by atoms with Crippen LogP contribution >= 0.6 is 0 Å². The van der Waals surface area contributed by atoms with Gasteiger partial charge in [-0.15, -0.1) is 0 Å². The first kappa shape index (κ1) is 21.6. The van der Waals surface area contributed by atoms with Gasteiger partial charge < -0.3 is 9.47 Å². The SMILES string of the molecule is COc1cccc2c1OC(C(=O)NNC(=O)C(CC1CCCC1)CN(O)C=O)C2=O. The fourth-order valence-electron chi connectivity index (χ4n) is 3.95. The van der Waals surface area contributed by atoms with Crippen LogP contribution in [-0.2, 0) is 14.4 Å². The van der Waals surface area contributed by atoms with E-state index in [1.54, 1.807) is 12.1 Å². The molecule has 10 heteroatoms. The molecule has 0 aromatic heterocycles. The number of carbonyl (C=O) groups excluding carboxylic acids is 4. The van der Waals surface area contributed by atoms with Gasteiger partial charge in [-0.05, 0) is 24.5 Å². The van der Waals surface area contributed by atoms with Gasteiger partial charge in [0, 0.05) is 0 Å². The number of benzene rings is 1. The molecule has 3 N–H and O–H groups in total. The number of nitrogens with zero attached hydrogens (tertiary/aromatic N) is 1. The number of carbonyl (C=O) groups is 4. The first-order valence-electron chi connectivity index (χ1n) is 9.83.